The molecule has 0 aliphatic carbocycles. The summed E-state index contributed by atoms with van der Waals surface area (Å²) in [6, 6.07) is 3.59. The van der Waals surface area contributed by atoms with Crippen LogP contribution in [0.25, 0.3) is 16.6 Å². The van der Waals surface area contributed by atoms with Crippen molar-refractivity contribution >= 4 is 22.5 Å². The van der Waals surface area contributed by atoms with Crippen LogP contribution in [0.4, 0.5) is 19.1 Å². The first-order chi connectivity index (χ1) is 11.3. The number of benzene rings is 1. The minimum Gasteiger partial charge on any atom is -0.494 e. The molecule has 0 radical (unpaired) electrons. The summed E-state index contributed by atoms with van der Waals surface area (Å²) in [6.07, 6.45) is -4.33. The number of nitrogen functional groups attached to an aromatic ring is 1. The summed E-state index contributed by atoms with van der Waals surface area (Å²) in [4.78, 5) is 8.51. The first-order valence-corrected chi connectivity index (χ1v) is 7.09. The quantitative estimate of drug-likeness (QED) is 0.754. The van der Waals surface area contributed by atoms with Crippen LogP contribution in [0.5, 0.6) is 5.75 Å². The predicted octanol–water partition coefficient (Wildman–Crippen LogP) is 1.91. The molecule has 0 spiro atoms. The third-order valence-corrected chi connectivity index (χ3v) is 3.61. The monoisotopic (exact) mass is 340 g/mol. The van der Waals surface area contributed by atoms with Crippen LogP contribution in [-0.2, 0) is 6.54 Å². The van der Waals surface area contributed by atoms with Crippen LogP contribution in [-0.4, -0.2) is 38.9 Å². The van der Waals surface area contributed by atoms with Crippen molar-refractivity contribution in [2.45, 2.75) is 25.7 Å². The topological polar surface area (TPSA) is 90.4 Å². The fraction of sp³-hybridized carbons (Fsp3) is 0.357. The molecule has 7 nitrogen and oxygen atoms in total. The van der Waals surface area contributed by atoms with Gasteiger partial charge in [0.15, 0.2) is 11.5 Å². The lowest BCUT2D eigenvalue weighted by atomic mass is 10.2. The zero-order chi connectivity index (χ0) is 17.5. The van der Waals surface area contributed by atoms with Gasteiger partial charge >= 0.3 is 6.18 Å². The van der Waals surface area contributed by atoms with E-state index in [2.05, 4.69) is 20.4 Å². The third kappa shape index (κ3) is 2.80. The number of hydrogen-bond acceptors (Lipinski definition) is 6. The molecule has 0 aliphatic heterocycles. The standard InChI is InChI=1S/C14H15F3N6O/c1-7(14(15,16)17)19-6-10-20-12-8-4-3-5-9(24-2)11(8)21-13(18)23(12)22-10/h3-5,7,19H,6H2,1-2H3,(H2,18,21)/t7-/m1/s1. The molecular weight excluding hydrogens is 325 g/mol. The van der Waals surface area contributed by atoms with Crippen LogP contribution in [0, 0.1) is 0 Å². The molecule has 2 heterocycles. The molecule has 0 saturated carbocycles. The zero-order valence-electron chi connectivity index (χ0n) is 12.9. The Labute approximate surface area is 134 Å². The van der Waals surface area contributed by atoms with Crippen molar-refractivity contribution in [3.8, 4) is 5.75 Å². The number of halogens is 3. The van der Waals surface area contributed by atoms with Gasteiger partial charge in [-0.3, -0.25) is 5.32 Å². The lowest BCUT2D eigenvalue weighted by Crippen LogP contribution is -2.39. The molecule has 10 heteroatoms. The molecule has 24 heavy (non-hydrogen) atoms. The number of fused-ring (bicyclic) bond motifs is 3. The maximum Gasteiger partial charge on any atom is 0.403 e. The van der Waals surface area contributed by atoms with Crippen LogP contribution in [0.3, 0.4) is 0 Å². The first kappa shape index (κ1) is 16.2. The molecule has 0 fully saturated rings. The summed E-state index contributed by atoms with van der Waals surface area (Å²) in [6.45, 7) is 0.888. The molecule has 0 saturated heterocycles. The second-order valence-electron chi connectivity index (χ2n) is 5.23. The number of nitrogens with zero attached hydrogens (tertiary/aromatic N) is 4. The van der Waals surface area contributed by atoms with E-state index in [0.717, 1.165) is 6.92 Å². The summed E-state index contributed by atoms with van der Waals surface area (Å²) in [5.74, 6) is 0.787. The Morgan fingerprint density at radius 2 is 2.08 bits per heavy atom. The molecule has 1 atom stereocenters. The van der Waals surface area contributed by atoms with Gasteiger partial charge in [0, 0.05) is 5.39 Å². The van der Waals surface area contributed by atoms with Gasteiger partial charge in [0.25, 0.3) is 0 Å². The Morgan fingerprint density at radius 1 is 1.33 bits per heavy atom. The minimum absolute atomic E-state index is 0.0737. The van der Waals surface area contributed by atoms with Gasteiger partial charge in [-0.05, 0) is 19.1 Å². The number of anilines is 1. The van der Waals surface area contributed by atoms with E-state index in [-0.39, 0.29) is 18.3 Å². The lowest BCUT2D eigenvalue weighted by molar-refractivity contribution is -0.151. The van der Waals surface area contributed by atoms with Crippen molar-refractivity contribution in [2.75, 3.05) is 12.8 Å². The molecule has 0 bridgehead atoms. The summed E-state index contributed by atoms with van der Waals surface area (Å²) in [5, 5.41) is 7.10. The average molecular weight is 340 g/mol. The van der Waals surface area contributed by atoms with Crippen LogP contribution in [0.2, 0.25) is 0 Å². The molecule has 0 aliphatic rings. The molecule has 3 aromatic rings. The van der Waals surface area contributed by atoms with Gasteiger partial charge < -0.3 is 10.5 Å². The number of aromatic nitrogens is 4. The van der Waals surface area contributed by atoms with Gasteiger partial charge in [-0.1, -0.05) is 6.07 Å². The average Bonchev–Trinajstić information content (AvgIpc) is 2.96. The van der Waals surface area contributed by atoms with Crippen molar-refractivity contribution in [3.63, 3.8) is 0 Å². The Morgan fingerprint density at radius 3 is 2.75 bits per heavy atom. The highest BCUT2D eigenvalue weighted by atomic mass is 19.4. The molecular formula is C14H15F3N6O. The van der Waals surface area contributed by atoms with E-state index >= 15 is 0 Å². The van der Waals surface area contributed by atoms with Crippen molar-refractivity contribution in [2.24, 2.45) is 0 Å². The summed E-state index contributed by atoms with van der Waals surface area (Å²) in [7, 11) is 1.51. The van der Waals surface area contributed by atoms with E-state index in [1.807, 2.05) is 0 Å². The number of para-hydroxylation sites is 1. The van der Waals surface area contributed by atoms with Crippen LogP contribution < -0.4 is 15.8 Å². The number of hydrogen-bond donors (Lipinski definition) is 2. The highest BCUT2D eigenvalue weighted by Gasteiger charge is 2.35. The highest BCUT2D eigenvalue weighted by Crippen LogP contribution is 2.27. The molecule has 0 amide bonds. The van der Waals surface area contributed by atoms with E-state index < -0.39 is 12.2 Å². The van der Waals surface area contributed by atoms with Gasteiger partial charge in [-0.15, -0.1) is 5.10 Å². The lowest BCUT2D eigenvalue weighted by Gasteiger charge is -2.15. The molecule has 3 rings (SSSR count). The second kappa shape index (κ2) is 5.78. The number of nitrogens with one attached hydrogen (secondary N) is 1. The van der Waals surface area contributed by atoms with E-state index in [9.17, 15) is 13.2 Å². The maximum atomic E-state index is 12.6. The smallest absolute Gasteiger partial charge is 0.403 e. The Hall–Kier alpha value is -2.62. The van der Waals surface area contributed by atoms with Gasteiger partial charge in [-0.2, -0.15) is 17.7 Å². The first-order valence-electron chi connectivity index (χ1n) is 7.09. The Bertz CT molecular complexity index is 891. The van der Waals surface area contributed by atoms with E-state index in [0.29, 0.717) is 22.3 Å². The normalized spacial score (nSPS) is 13.5. The van der Waals surface area contributed by atoms with Gasteiger partial charge in [0.2, 0.25) is 5.95 Å². The fourth-order valence-corrected chi connectivity index (χ4v) is 2.27. The summed E-state index contributed by atoms with van der Waals surface area (Å²) < 4.78 is 44.2. The largest absolute Gasteiger partial charge is 0.494 e. The highest BCUT2D eigenvalue weighted by molar-refractivity contribution is 5.95. The van der Waals surface area contributed by atoms with Crippen molar-refractivity contribution in [1.29, 1.82) is 0 Å². The van der Waals surface area contributed by atoms with Crippen LogP contribution >= 0.6 is 0 Å². The summed E-state index contributed by atoms with van der Waals surface area (Å²) >= 11 is 0. The molecule has 0 unspecified atom stereocenters. The van der Waals surface area contributed by atoms with E-state index in [4.69, 9.17) is 10.5 Å². The van der Waals surface area contributed by atoms with E-state index in [1.165, 1.54) is 11.6 Å². The maximum absolute atomic E-state index is 12.6. The van der Waals surface area contributed by atoms with Crippen LogP contribution in [0.1, 0.15) is 12.7 Å². The van der Waals surface area contributed by atoms with Gasteiger partial charge in [0.1, 0.15) is 17.3 Å². The Kier molecular flexibility index (Phi) is 3.91. The van der Waals surface area contributed by atoms with E-state index in [1.54, 1.807) is 18.2 Å². The number of nitrogens with two attached hydrogens (primary N) is 1. The summed E-state index contributed by atoms with van der Waals surface area (Å²) in [5.41, 5.74) is 6.80. The zero-order valence-corrected chi connectivity index (χ0v) is 12.9. The number of methoxy groups -OCH3 is 1. The predicted molar refractivity (Wildman–Crippen MR) is 81.6 cm³/mol. The second-order valence-corrected chi connectivity index (χ2v) is 5.23. The SMILES string of the molecule is COc1cccc2c1nc(N)n1nc(CN[C@H](C)C(F)(F)F)nc21. The fourth-order valence-electron chi connectivity index (χ4n) is 2.27. The number of rotatable bonds is 4. The number of ether oxygens (including phenoxy) is 1. The van der Waals surface area contributed by atoms with Crippen LogP contribution in [0.15, 0.2) is 18.2 Å². The molecule has 1 aromatic carbocycles. The van der Waals surface area contributed by atoms with Crippen molar-refractivity contribution in [3.05, 3.63) is 24.0 Å². The van der Waals surface area contributed by atoms with Crippen molar-refractivity contribution in [1.82, 2.24) is 24.9 Å². The molecule has 128 valence electrons. The van der Waals surface area contributed by atoms with Crippen molar-refractivity contribution < 1.29 is 17.9 Å². The van der Waals surface area contributed by atoms with Gasteiger partial charge in [0.05, 0.1) is 13.7 Å². The van der Waals surface area contributed by atoms with Gasteiger partial charge in [-0.25, -0.2) is 9.97 Å². The molecule has 2 aromatic heterocycles. The third-order valence-electron chi connectivity index (χ3n) is 3.61. The minimum atomic E-state index is -4.33. The number of alkyl halides is 3. The Balaban J connectivity index is 2.02. The molecule has 3 N–H and O–H groups in total.